The summed E-state index contributed by atoms with van der Waals surface area (Å²) in [7, 11) is 0. The predicted octanol–water partition coefficient (Wildman–Crippen LogP) is 3.43. The van der Waals surface area contributed by atoms with Crippen LogP contribution in [0.2, 0.25) is 0 Å². The van der Waals surface area contributed by atoms with Gasteiger partial charge < -0.3 is 5.32 Å². The molecule has 0 fully saturated rings. The van der Waals surface area contributed by atoms with Gasteiger partial charge in [0.1, 0.15) is 4.99 Å². The summed E-state index contributed by atoms with van der Waals surface area (Å²) >= 11 is 5.26. The molecule has 0 unspecified atom stereocenters. The molecule has 1 aliphatic carbocycles. The molecule has 21 heavy (non-hydrogen) atoms. The van der Waals surface area contributed by atoms with Crippen molar-refractivity contribution in [2.75, 3.05) is 5.32 Å². The fourth-order valence-corrected chi connectivity index (χ4v) is 2.47. The molecule has 0 aromatic heterocycles. The number of Topliss-reactive ketones (excluding diaryl/α,β-unsaturated/α-hetero) is 1. The zero-order chi connectivity index (χ0) is 14.8. The first kappa shape index (κ1) is 13.4. The number of nitrogens with one attached hydrogen (secondary N) is 1. The third-order valence-electron chi connectivity index (χ3n) is 3.23. The van der Waals surface area contributed by atoms with E-state index in [1.54, 1.807) is 24.3 Å². The first-order chi connectivity index (χ1) is 10.2. The molecule has 0 spiro atoms. The van der Waals surface area contributed by atoms with Gasteiger partial charge in [0.05, 0.1) is 5.57 Å². The number of anilines is 1. The van der Waals surface area contributed by atoms with Crippen LogP contribution in [-0.2, 0) is 0 Å². The van der Waals surface area contributed by atoms with Crippen LogP contribution >= 0.6 is 12.2 Å². The number of benzene rings is 2. The van der Waals surface area contributed by atoms with Gasteiger partial charge in [-0.1, -0.05) is 54.7 Å². The smallest absolute Gasteiger partial charge is 0.196 e. The SMILES string of the molecule is O=C1C=C(C(=S)Nc2ccccc2)C(=O)c2ccccc21. The average Bonchev–Trinajstić information content (AvgIpc) is 2.52. The highest BCUT2D eigenvalue weighted by Crippen LogP contribution is 2.22. The maximum absolute atomic E-state index is 12.4. The van der Waals surface area contributed by atoms with Gasteiger partial charge in [-0.2, -0.15) is 0 Å². The predicted molar refractivity (Wildman–Crippen MR) is 85.8 cm³/mol. The Hall–Kier alpha value is -2.59. The van der Waals surface area contributed by atoms with E-state index in [4.69, 9.17) is 12.2 Å². The first-order valence-electron chi connectivity index (χ1n) is 6.43. The molecule has 0 atom stereocenters. The van der Waals surface area contributed by atoms with Crippen LogP contribution in [0.25, 0.3) is 0 Å². The molecule has 0 saturated carbocycles. The van der Waals surface area contributed by atoms with Crippen molar-refractivity contribution in [3.05, 3.63) is 77.4 Å². The van der Waals surface area contributed by atoms with Crippen molar-refractivity contribution in [1.82, 2.24) is 0 Å². The van der Waals surface area contributed by atoms with E-state index < -0.39 is 0 Å². The summed E-state index contributed by atoms with van der Waals surface area (Å²) in [5.41, 5.74) is 1.84. The number of allylic oxidation sites excluding steroid dienone is 1. The second-order valence-corrected chi connectivity index (χ2v) is 5.03. The number of fused-ring (bicyclic) bond motifs is 1. The normalized spacial score (nSPS) is 13.4. The molecule has 1 N–H and O–H groups in total. The van der Waals surface area contributed by atoms with Crippen molar-refractivity contribution in [3.8, 4) is 0 Å². The van der Waals surface area contributed by atoms with Crippen LogP contribution in [0.4, 0.5) is 5.69 Å². The van der Waals surface area contributed by atoms with E-state index in [0.29, 0.717) is 11.1 Å². The van der Waals surface area contributed by atoms with Gasteiger partial charge >= 0.3 is 0 Å². The molecule has 4 heteroatoms. The van der Waals surface area contributed by atoms with Crippen LogP contribution in [0.1, 0.15) is 20.7 Å². The molecule has 0 amide bonds. The summed E-state index contributed by atoms with van der Waals surface area (Å²) in [6.45, 7) is 0. The number of hydrogen-bond acceptors (Lipinski definition) is 3. The van der Waals surface area contributed by atoms with Crippen molar-refractivity contribution in [3.63, 3.8) is 0 Å². The van der Waals surface area contributed by atoms with E-state index in [-0.39, 0.29) is 22.1 Å². The molecule has 0 heterocycles. The quantitative estimate of drug-likeness (QED) is 0.862. The van der Waals surface area contributed by atoms with E-state index in [2.05, 4.69) is 5.32 Å². The third kappa shape index (κ3) is 2.53. The Morgan fingerprint density at radius 1 is 0.857 bits per heavy atom. The van der Waals surface area contributed by atoms with E-state index in [0.717, 1.165) is 5.69 Å². The van der Waals surface area contributed by atoms with Crippen LogP contribution in [-0.4, -0.2) is 16.6 Å². The van der Waals surface area contributed by atoms with Gasteiger partial charge in [-0.15, -0.1) is 0 Å². The summed E-state index contributed by atoms with van der Waals surface area (Å²) in [6.07, 6.45) is 1.31. The van der Waals surface area contributed by atoms with Crippen molar-refractivity contribution in [1.29, 1.82) is 0 Å². The molecule has 2 aromatic rings. The highest BCUT2D eigenvalue weighted by atomic mass is 32.1. The third-order valence-corrected chi connectivity index (χ3v) is 3.56. The maximum Gasteiger partial charge on any atom is 0.196 e. The minimum absolute atomic E-state index is 0.197. The van der Waals surface area contributed by atoms with E-state index in [1.165, 1.54) is 6.08 Å². The Balaban J connectivity index is 1.92. The number of carbonyl (C=O) groups excluding carboxylic acids is 2. The minimum Gasteiger partial charge on any atom is -0.346 e. The van der Waals surface area contributed by atoms with Crippen LogP contribution < -0.4 is 5.32 Å². The molecule has 3 nitrogen and oxygen atoms in total. The standard InChI is InChI=1S/C17H11NO2S/c19-15-10-14(16(20)13-9-5-4-8-12(13)15)17(21)18-11-6-2-1-3-7-11/h1-10H,(H,18,21). The molecular weight excluding hydrogens is 282 g/mol. The summed E-state index contributed by atoms with van der Waals surface area (Å²) in [5.74, 6) is -0.420. The van der Waals surface area contributed by atoms with Crippen molar-refractivity contribution in [2.24, 2.45) is 0 Å². The van der Waals surface area contributed by atoms with Crippen LogP contribution in [0, 0.1) is 0 Å². The van der Waals surface area contributed by atoms with Crippen molar-refractivity contribution >= 4 is 34.5 Å². The lowest BCUT2D eigenvalue weighted by Crippen LogP contribution is -2.25. The highest BCUT2D eigenvalue weighted by molar-refractivity contribution is 7.81. The second-order valence-electron chi connectivity index (χ2n) is 4.62. The Labute approximate surface area is 127 Å². The van der Waals surface area contributed by atoms with E-state index >= 15 is 0 Å². The highest BCUT2D eigenvalue weighted by Gasteiger charge is 2.27. The molecule has 0 bridgehead atoms. The van der Waals surface area contributed by atoms with Crippen LogP contribution in [0.5, 0.6) is 0 Å². The number of rotatable bonds is 2. The molecule has 2 aromatic carbocycles. The number of para-hydroxylation sites is 1. The second kappa shape index (κ2) is 5.42. The van der Waals surface area contributed by atoms with Gasteiger partial charge in [0.15, 0.2) is 11.6 Å². The number of hydrogen-bond donors (Lipinski definition) is 1. The summed E-state index contributed by atoms with van der Waals surface area (Å²) in [5, 5.41) is 2.98. The fraction of sp³-hybridized carbons (Fsp3) is 0. The lowest BCUT2D eigenvalue weighted by atomic mass is 9.89. The van der Waals surface area contributed by atoms with Gasteiger partial charge in [0.2, 0.25) is 0 Å². The van der Waals surface area contributed by atoms with Crippen LogP contribution in [0.15, 0.2) is 66.2 Å². The Morgan fingerprint density at radius 3 is 2.19 bits per heavy atom. The van der Waals surface area contributed by atoms with Gasteiger partial charge in [0.25, 0.3) is 0 Å². The Morgan fingerprint density at radius 2 is 1.48 bits per heavy atom. The van der Waals surface area contributed by atoms with Crippen molar-refractivity contribution in [2.45, 2.75) is 0 Å². The summed E-state index contributed by atoms with van der Waals surface area (Å²) in [4.78, 5) is 24.8. The number of ketones is 2. The molecule has 0 saturated heterocycles. The van der Waals surface area contributed by atoms with Gasteiger partial charge in [-0.05, 0) is 12.1 Å². The zero-order valence-electron chi connectivity index (χ0n) is 11.0. The largest absolute Gasteiger partial charge is 0.346 e. The number of carbonyl (C=O) groups is 2. The molecule has 102 valence electrons. The first-order valence-corrected chi connectivity index (χ1v) is 6.84. The zero-order valence-corrected chi connectivity index (χ0v) is 11.8. The molecule has 0 radical (unpaired) electrons. The lowest BCUT2D eigenvalue weighted by Gasteiger charge is -2.16. The topological polar surface area (TPSA) is 46.2 Å². The van der Waals surface area contributed by atoms with Gasteiger partial charge in [-0.25, -0.2) is 0 Å². The van der Waals surface area contributed by atoms with Crippen LogP contribution in [0.3, 0.4) is 0 Å². The molecule has 3 rings (SSSR count). The number of thiocarbonyl (C=S) groups is 1. The van der Waals surface area contributed by atoms with Gasteiger partial charge in [-0.3, -0.25) is 9.59 Å². The minimum atomic E-state index is -0.223. The van der Waals surface area contributed by atoms with E-state index in [1.807, 2.05) is 30.3 Å². The summed E-state index contributed by atoms with van der Waals surface area (Å²) < 4.78 is 0. The average molecular weight is 293 g/mol. The van der Waals surface area contributed by atoms with Crippen molar-refractivity contribution < 1.29 is 9.59 Å². The lowest BCUT2D eigenvalue weighted by molar-refractivity contribution is 0.0989. The fourth-order valence-electron chi connectivity index (χ4n) is 2.20. The Bertz CT molecular complexity index is 778. The molecule has 0 aliphatic heterocycles. The van der Waals surface area contributed by atoms with E-state index in [9.17, 15) is 9.59 Å². The Kier molecular flexibility index (Phi) is 3.46. The summed E-state index contributed by atoms with van der Waals surface area (Å²) in [6, 6.07) is 16.1. The maximum atomic E-state index is 12.4. The molecular formula is C17H11NO2S. The van der Waals surface area contributed by atoms with Gasteiger partial charge in [0, 0.05) is 22.9 Å². The molecule has 1 aliphatic rings. The monoisotopic (exact) mass is 293 g/mol.